The van der Waals surface area contributed by atoms with E-state index in [2.05, 4.69) is 15.2 Å². The molecule has 4 rings (SSSR count). The van der Waals surface area contributed by atoms with Crippen molar-refractivity contribution in [2.24, 2.45) is 7.05 Å². The van der Waals surface area contributed by atoms with Crippen LogP contribution in [0.25, 0.3) is 0 Å². The third-order valence-corrected chi connectivity index (χ3v) is 6.03. The van der Waals surface area contributed by atoms with Crippen molar-refractivity contribution in [3.63, 3.8) is 0 Å². The molecule has 1 atom stereocenters. The number of alkyl halides is 3. The monoisotopic (exact) mass is 434 g/mol. The third kappa shape index (κ3) is 3.60. The number of carbonyl (C=O) groups excluding carboxylic acids is 1. The SMILES string of the molecule is CC(Sc1nncn1C)c1cc(N)nc(N2Cc3c(cccc3C(F)(F)F)C2=O)c1. The first-order valence-electron chi connectivity index (χ1n) is 8.94. The summed E-state index contributed by atoms with van der Waals surface area (Å²) in [5.74, 6) is -0.147. The highest BCUT2D eigenvalue weighted by Gasteiger charge is 2.40. The molecule has 0 saturated heterocycles. The number of anilines is 2. The molecule has 0 spiro atoms. The summed E-state index contributed by atoms with van der Waals surface area (Å²) >= 11 is 1.44. The minimum Gasteiger partial charge on any atom is -0.384 e. The molecule has 11 heteroatoms. The summed E-state index contributed by atoms with van der Waals surface area (Å²) < 4.78 is 41.9. The summed E-state index contributed by atoms with van der Waals surface area (Å²) in [4.78, 5) is 18.2. The first kappa shape index (κ1) is 20.2. The van der Waals surface area contributed by atoms with E-state index in [1.54, 1.807) is 23.0 Å². The fraction of sp³-hybridized carbons (Fsp3) is 0.263. The van der Waals surface area contributed by atoms with Crippen LogP contribution in [-0.4, -0.2) is 25.7 Å². The van der Waals surface area contributed by atoms with Gasteiger partial charge in [-0.3, -0.25) is 9.69 Å². The molecule has 1 unspecified atom stereocenters. The molecular weight excluding hydrogens is 417 g/mol. The Hall–Kier alpha value is -3.08. The van der Waals surface area contributed by atoms with Gasteiger partial charge in [0, 0.05) is 17.9 Å². The Morgan fingerprint density at radius 1 is 1.27 bits per heavy atom. The van der Waals surface area contributed by atoms with E-state index in [-0.39, 0.29) is 34.6 Å². The Morgan fingerprint density at radius 3 is 2.70 bits per heavy atom. The molecule has 156 valence electrons. The molecule has 1 aliphatic rings. The number of hydrogen-bond acceptors (Lipinski definition) is 6. The predicted molar refractivity (Wildman–Crippen MR) is 106 cm³/mol. The van der Waals surface area contributed by atoms with Crippen molar-refractivity contribution < 1.29 is 18.0 Å². The van der Waals surface area contributed by atoms with Crippen LogP contribution >= 0.6 is 11.8 Å². The second-order valence-corrected chi connectivity index (χ2v) is 8.20. The van der Waals surface area contributed by atoms with Gasteiger partial charge in [-0.1, -0.05) is 17.8 Å². The first-order valence-corrected chi connectivity index (χ1v) is 9.82. The molecule has 3 aromatic rings. The van der Waals surface area contributed by atoms with E-state index in [0.717, 1.165) is 11.6 Å². The van der Waals surface area contributed by atoms with Crippen molar-refractivity contribution in [2.75, 3.05) is 10.6 Å². The van der Waals surface area contributed by atoms with Gasteiger partial charge in [-0.15, -0.1) is 10.2 Å². The van der Waals surface area contributed by atoms with Crippen molar-refractivity contribution in [1.29, 1.82) is 0 Å². The van der Waals surface area contributed by atoms with Crippen LogP contribution in [0.3, 0.4) is 0 Å². The van der Waals surface area contributed by atoms with Gasteiger partial charge in [0.1, 0.15) is 18.0 Å². The molecule has 2 aromatic heterocycles. The van der Waals surface area contributed by atoms with Crippen LogP contribution in [0.5, 0.6) is 0 Å². The smallest absolute Gasteiger partial charge is 0.384 e. The van der Waals surface area contributed by atoms with Crippen molar-refractivity contribution in [3.8, 4) is 0 Å². The van der Waals surface area contributed by atoms with E-state index in [0.29, 0.717) is 5.16 Å². The number of rotatable bonds is 4. The molecule has 0 radical (unpaired) electrons. The van der Waals surface area contributed by atoms with E-state index in [4.69, 9.17) is 5.73 Å². The topological polar surface area (TPSA) is 89.9 Å². The van der Waals surface area contributed by atoms with E-state index in [9.17, 15) is 18.0 Å². The van der Waals surface area contributed by atoms with Crippen molar-refractivity contribution in [1.82, 2.24) is 19.7 Å². The molecular formula is C19H17F3N6OS. The Kier molecular flexibility index (Phi) is 4.92. The summed E-state index contributed by atoms with van der Waals surface area (Å²) in [5.41, 5.74) is 5.87. The fourth-order valence-electron chi connectivity index (χ4n) is 3.32. The summed E-state index contributed by atoms with van der Waals surface area (Å²) in [7, 11) is 1.82. The number of nitrogen functional groups attached to an aromatic ring is 1. The maximum atomic E-state index is 13.4. The number of benzene rings is 1. The van der Waals surface area contributed by atoms with Gasteiger partial charge in [0.25, 0.3) is 5.91 Å². The lowest BCUT2D eigenvalue weighted by Gasteiger charge is -2.18. The number of aromatic nitrogens is 4. The molecule has 2 N–H and O–H groups in total. The number of nitrogens with two attached hydrogens (primary N) is 1. The van der Waals surface area contributed by atoms with Crippen LogP contribution in [0.4, 0.5) is 24.8 Å². The number of nitrogens with zero attached hydrogens (tertiary/aromatic N) is 5. The molecule has 0 bridgehead atoms. The van der Waals surface area contributed by atoms with Crippen LogP contribution < -0.4 is 10.6 Å². The normalized spacial score (nSPS) is 14.8. The lowest BCUT2D eigenvalue weighted by atomic mass is 10.0. The van der Waals surface area contributed by atoms with Gasteiger partial charge < -0.3 is 10.3 Å². The number of amides is 1. The predicted octanol–water partition coefficient (Wildman–Crippen LogP) is 3.82. The first-order chi connectivity index (χ1) is 14.1. The van der Waals surface area contributed by atoms with E-state index < -0.39 is 17.6 Å². The molecule has 0 saturated carbocycles. The molecule has 1 aliphatic heterocycles. The maximum Gasteiger partial charge on any atom is 0.416 e. The van der Waals surface area contributed by atoms with Crippen LogP contribution in [0, 0.1) is 0 Å². The van der Waals surface area contributed by atoms with Crippen LogP contribution in [0.1, 0.15) is 39.2 Å². The molecule has 0 aliphatic carbocycles. The highest BCUT2D eigenvalue weighted by Crippen LogP contribution is 2.40. The Morgan fingerprint density at radius 2 is 2.03 bits per heavy atom. The van der Waals surface area contributed by atoms with Crippen LogP contribution in [0.15, 0.2) is 41.8 Å². The number of thioether (sulfide) groups is 1. The van der Waals surface area contributed by atoms with Gasteiger partial charge in [-0.05, 0) is 42.3 Å². The largest absolute Gasteiger partial charge is 0.416 e. The highest BCUT2D eigenvalue weighted by molar-refractivity contribution is 7.99. The zero-order valence-electron chi connectivity index (χ0n) is 16.0. The fourth-order valence-corrected chi connectivity index (χ4v) is 4.22. The average Bonchev–Trinajstić information content (AvgIpc) is 3.23. The molecule has 3 heterocycles. The number of fused-ring (bicyclic) bond motifs is 1. The number of pyridine rings is 1. The minimum atomic E-state index is -4.54. The van der Waals surface area contributed by atoms with Gasteiger partial charge in [0.05, 0.1) is 12.1 Å². The Labute approximate surface area is 174 Å². The molecule has 1 aromatic carbocycles. The molecule has 0 fully saturated rings. The minimum absolute atomic E-state index is 0.0251. The summed E-state index contributed by atoms with van der Waals surface area (Å²) in [6.45, 7) is 1.71. The Bertz CT molecular complexity index is 1130. The maximum absolute atomic E-state index is 13.4. The van der Waals surface area contributed by atoms with Crippen LogP contribution in [-0.2, 0) is 19.8 Å². The van der Waals surface area contributed by atoms with Crippen LogP contribution in [0.2, 0.25) is 0 Å². The summed E-state index contributed by atoms with van der Waals surface area (Å²) in [5, 5.41) is 8.46. The van der Waals surface area contributed by atoms with E-state index in [1.807, 2.05) is 14.0 Å². The molecule has 1 amide bonds. The second-order valence-electron chi connectivity index (χ2n) is 6.89. The van der Waals surface area contributed by atoms with Crippen molar-refractivity contribution in [2.45, 2.75) is 30.1 Å². The lowest BCUT2D eigenvalue weighted by Crippen LogP contribution is -2.24. The highest BCUT2D eigenvalue weighted by atomic mass is 32.2. The Balaban J connectivity index is 1.67. The lowest BCUT2D eigenvalue weighted by molar-refractivity contribution is -0.138. The number of aryl methyl sites for hydroxylation is 1. The van der Waals surface area contributed by atoms with Gasteiger partial charge in [-0.2, -0.15) is 13.2 Å². The zero-order valence-corrected chi connectivity index (χ0v) is 16.8. The zero-order chi connectivity index (χ0) is 21.6. The van der Waals surface area contributed by atoms with Gasteiger partial charge in [0.15, 0.2) is 5.16 Å². The standard InChI is InChI=1S/C19H17F3N6OS/c1-10(30-18-26-24-9-27(18)2)11-6-15(23)25-16(7-11)28-8-13-12(17(28)29)4-3-5-14(13)19(20,21)22/h3-7,9-10H,8H2,1-2H3,(H2,23,25). The van der Waals surface area contributed by atoms with Gasteiger partial charge in [0.2, 0.25) is 0 Å². The van der Waals surface area contributed by atoms with E-state index in [1.165, 1.54) is 28.8 Å². The molecule has 7 nitrogen and oxygen atoms in total. The average molecular weight is 434 g/mol. The number of hydrogen-bond donors (Lipinski definition) is 1. The summed E-state index contributed by atoms with van der Waals surface area (Å²) in [6, 6.07) is 6.95. The summed E-state index contributed by atoms with van der Waals surface area (Å²) in [6.07, 6.45) is -2.96. The van der Waals surface area contributed by atoms with Gasteiger partial charge >= 0.3 is 6.18 Å². The van der Waals surface area contributed by atoms with Gasteiger partial charge in [-0.25, -0.2) is 4.98 Å². The third-order valence-electron chi connectivity index (χ3n) is 4.83. The second kappa shape index (κ2) is 7.31. The van der Waals surface area contributed by atoms with Crippen molar-refractivity contribution >= 4 is 29.3 Å². The van der Waals surface area contributed by atoms with Crippen molar-refractivity contribution in [3.05, 3.63) is 58.9 Å². The molecule has 30 heavy (non-hydrogen) atoms. The number of carbonyl (C=O) groups is 1. The number of halogens is 3. The van der Waals surface area contributed by atoms with E-state index >= 15 is 0 Å². The quantitative estimate of drug-likeness (QED) is 0.628.